The van der Waals surface area contributed by atoms with Gasteiger partial charge >= 0.3 is 0 Å². The molecule has 94 valence electrons. The zero-order chi connectivity index (χ0) is 11.7. The molecule has 0 saturated heterocycles. The second-order valence-electron chi connectivity index (χ2n) is 5.49. The summed E-state index contributed by atoms with van der Waals surface area (Å²) in [5.74, 6) is 2.44. The van der Waals surface area contributed by atoms with Gasteiger partial charge in [-0.05, 0) is 31.6 Å². The third kappa shape index (κ3) is 2.68. The Balaban J connectivity index is 1.60. The highest BCUT2D eigenvalue weighted by Crippen LogP contribution is 2.34. The largest absolute Gasteiger partial charge is 0.392 e. The summed E-state index contributed by atoms with van der Waals surface area (Å²) >= 11 is 0. The first-order valence-electron chi connectivity index (χ1n) is 6.83. The van der Waals surface area contributed by atoms with Gasteiger partial charge in [-0.1, -0.05) is 24.4 Å². The Bertz CT molecular complexity index is 367. The van der Waals surface area contributed by atoms with Gasteiger partial charge in [-0.2, -0.15) is 4.98 Å². The SMILES string of the molecule is OC(Cc1nc(C2CCCCC2)no1)C1CC1. The lowest BCUT2D eigenvalue weighted by atomic mass is 9.89. The summed E-state index contributed by atoms with van der Waals surface area (Å²) in [6.07, 6.45) is 8.79. The van der Waals surface area contributed by atoms with E-state index in [2.05, 4.69) is 10.1 Å². The summed E-state index contributed by atoms with van der Waals surface area (Å²) in [5.41, 5.74) is 0. The predicted molar refractivity (Wildman–Crippen MR) is 62.6 cm³/mol. The van der Waals surface area contributed by atoms with Crippen molar-refractivity contribution in [1.29, 1.82) is 0 Å². The van der Waals surface area contributed by atoms with E-state index in [0.717, 1.165) is 18.7 Å². The Hall–Kier alpha value is -0.900. The smallest absolute Gasteiger partial charge is 0.229 e. The average Bonchev–Trinajstić information content (AvgIpc) is 3.12. The zero-order valence-corrected chi connectivity index (χ0v) is 10.1. The van der Waals surface area contributed by atoms with Crippen molar-refractivity contribution in [3.8, 4) is 0 Å². The van der Waals surface area contributed by atoms with Gasteiger partial charge in [0.15, 0.2) is 5.82 Å². The first kappa shape index (κ1) is 11.2. The van der Waals surface area contributed by atoms with E-state index in [1.807, 2.05) is 0 Å². The summed E-state index contributed by atoms with van der Waals surface area (Å²) in [7, 11) is 0. The molecule has 2 saturated carbocycles. The highest BCUT2D eigenvalue weighted by molar-refractivity contribution is 4.98. The van der Waals surface area contributed by atoms with E-state index in [4.69, 9.17) is 4.52 Å². The van der Waals surface area contributed by atoms with Gasteiger partial charge < -0.3 is 9.63 Å². The van der Waals surface area contributed by atoms with Crippen LogP contribution in [0.4, 0.5) is 0 Å². The van der Waals surface area contributed by atoms with E-state index >= 15 is 0 Å². The minimum absolute atomic E-state index is 0.283. The van der Waals surface area contributed by atoms with Crippen molar-refractivity contribution in [3.63, 3.8) is 0 Å². The summed E-state index contributed by atoms with van der Waals surface area (Å²) in [6, 6.07) is 0. The molecule has 3 rings (SSSR count). The molecule has 0 aromatic carbocycles. The number of rotatable bonds is 4. The molecule has 1 N–H and O–H groups in total. The van der Waals surface area contributed by atoms with Gasteiger partial charge in [-0.25, -0.2) is 0 Å². The summed E-state index contributed by atoms with van der Waals surface area (Å²) in [6.45, 7) is 0. The van der Waals surface area contributed by atoms with Crippen LogP contribution in [0.3, 0.4) is 0 Å². The summed E-state index contributed by atoms with van der Waals surface area (Å²) < 4.78 is 5.25. The van der Waals surface area contributed by atoms with Crippen LogP contribution in [0.2, 0.25) is 0 Å². The first-order chi connectivity index (χ1) is 8.33. The van der Waals surface area contributed by atoms with E-state index in [9.17, 15) is 5.11 Å². The monoisotopic (exact) mass is 236 g/mol. The second-order valence-corrected chi connectivity index (χ2v) is 5.49. The van der Waals surface area contributed by atoms with Crippen molar-refractivity contribution >= 4 is 0 Å². The second kappa shape index (κ2) is 4.77. The van der Waals surface area contributed by atoms with E-state index in [1.54, 1.807) is 0 Å². The highest BCUT2D eigenvalue weighted by atomic mass is 16.5. The van der Waals surface area contributed by atoms with Crippen molar-refractivity contribution in [1.82, 2.24) is 10.1 Å². The maximum Gasteiger partial charge on any atom is 0.229 e. The van der Waals surface area contributed by atoms with Crippen molar-refractivity contribution in [2.75, 3.05) is 0 Å². The predicted octanol–water partition coefficient (Wildman–Crippen LogP) is 2.43. The van der Waals surface area contributed by atoms with Crippen LogP contribution in [0.25, 0.3) is 0 Å². The van der Waals surface area contributed by atoms with Crippen LogP contribution in [0.1, 0.15) is 62.6 Å². The van der Waals surface area contributed by atoms with Crippen LogP contribution < -0.4 is 0 Å². The quantitative estimate of drug-likeness (QED) is 0.872. The molecule has 4 heteroatoms. The fraction of sp³-hybridized carbons (Fsp3) is 0.846. The molecule has 0 aliphatic heterocycles. The molecule has 1 unspecified atom stereocenters. The Morgan fingerprint density at radius 3 is 2.65 bits per heavy atom. The maximum atomic E-state index is 9.83. The summed E-state index contributed by atoms with van der Waals surface area (Å²) in [4.78, 5) is 4.45. The fourth-order valence-electron chi connectivity index (χ4n) is 2.70. The van der Waals surface area contributed by atoms with Crippen LogP contribution in [0.5, 0.6) is 0 Å². The number of aromatic nitrogens is 2. The Kier molecular flexibility index (Phi) is 3.14. The van der Waals surface area contributed by atoms with Crippen LogP contribution in [0.15, 0.2) is 4.52 Å². The normalized spacial score (nSPS) is 23.8. The van der Waals surface area contributed by atoms with Crippen molar-refractivity contribution in [3.05, 3.63) is 11.7 Å². The fourth-order valence-corrected chi connectivity index (χ4v) is 2.70. The van der Waals surface area contributed by atoms with Crippen molar-refractivity contribution in [2.45, 2.75) is 63.4 Å². The molecular formula is C13H20N2O2. The van der Waals surface area contributed by atoms with Crippen LogP contribution in [0, 0.1) is 5.92 Å². The molecule has 0 amide bonds. The number of aliphatic hydroxyl groups is 1. The minimum atomic E-state index is -0.283. The number of hydrogen-bond acceptors (Lipinski definition) is 4. The van der Waals surface area contributed by atoms with E-state index in [1.165, 1.54) is 32.1 Å². The Morgan fingerprint density at radius 1 is 1.18 bits per heavy atom. The van der Waals surface area contributed by atoms with Gasteiger partial charge in [-0.3, -0.25) is 0 Å². The first-order valence-corrected chi connectivity index (χ1v) is 6.83. The van der Waals surface area contributed by atoms with Crippen LogP contribution >= 0.6 is 0 Å². The van der Waals surface area contributed by atoms with Crippen LogP contribution in [-0.2, 0) is 6.42 Å². The highest BCUT2D eigenvalue weighted by Gasteiger charge is 2.31. The molecule has 17 heavy (non-hydrogen) atoms. The molecule has 1 aromatic heterocycles. The van der Waals surface area contributed by atoms with Crippen molar-refractivity contribution < 1.29 is 9.63 Å². The zero-order valence-electron chi connectivity index (χ0n) is 10.1. The van der Waals surface area contributed by atoms with Gasteiger partial charge in [0.05, 0.1) is 12.5 Å². The Labute approximate surface area is 101 Å². The molecule has 4 nitrogen and oxygen atoms in total. The molecule has 1 heterocycles. The third-order valence-corrected chi connectivity index (χ3v) is 4.00. The van der Waals surface area contributed by atoms with Gasteiger partial charge in [-0.15, -0.1) is 0 Å². The lowest BCUT2D eigenvalue weighted by Crippen LogP contribution is -2.13. The number of nitrogens with zero attached hydrogens (tertiary/aromatic N) is 2. The van der Waals surface area contributed by atoms with Gasteiger partial charge in [0.25, 0.3) is 0 Å². The van der Waals surface area contributed by atoms with Gasteiger partial charge in [0, 0.05) is 5.92 Å². The maximum absolute atomic E-state index is 9.83. The van der Waals surface area contributed by atoms with E-state index < -0.39 is 0 Å². The van der Waals surface area contributed by atoms with Crippen LogP contribution in [-0.4, -0.2) is 21.4 Å². The van der Waals surface area contributed by atoms with E-state index in [-0.39, 0.29) is 6.10 Å². The average molecular weight is 236 g/mol. The molecular weight excluding hydrogens is 216 g/mol. The molecule has 0 spiro atoms. The lowest BCUT2D eigenvalue weighted by molar-refractivity contribution is 0.140. The molecule has 2 fully saturated rings. The Morgan fingerprint density at radius 2 is 1.94 bits per heavy atom. The molecule has 1 aromatic rings. The summed E-state index contributed by atoms with van der Waals surface area (Å²) in [5, 5.41) is 13.9. The molecule has 0 radical (unpaired) electrons. The van der Waals surface area contributed by atoms with Crippen molar-refractivity contribution in [2.24, 2.45) is 5.92 Å². The van der Waals surface area contributed by atoms with E-state index in [0.29, 0.717) is 24.1 Å². The molecule has 0 bridgehead atoms. The minimum Gasteiger partial charge on any atom is -0.392 e. The third-order valence-electron chi connectivity index (χ3n) is 4.00. The molecule has 1 atom stereocenters. The number of aliphatic hydroxyl groups excluding tert-OH is 1. The molecule has 2 aliphatic rings. The lowest BCUT2D eigenvalue weighted by Gasteiger charge is -2.17. The van der Waals surface area contributed by atoms with Gasteiger partial charge in [0.2, 0.25) is 5.89 Å². The standard InChI is InChI=1S/C13H20N2O2/c16-11(9-6-7-9)8-12-14-13(15-17-12)10-4-2-1-3-5-10/h9-11,16H,1-8H2. The van der Waals surface area contributed by atoms with Gasteiger partial charge in [0.1, 0.15) is 0 Å². The molecule has 2 aliphatic carbocycles. The topological polar surface area (TPSA) is 59.2 Å². The number of hydrogen-bond donors (Lipinski definition) is 1.